The van der Waals surface area contributed by atoms with Gasteiger partial charge in [0.05, 0.1) is 12.6 Å². The number of carbonyl (C=O) groups is 1. The standard InChI is InChI=1S/C24H39N7O/c1-3-25-24(27-19-21-8-9-26-22(18-21)29-10-4-5-11-29)31-16-14-28(15-17-31)20(2)23(32)30-12-6-7-13-30/h8-9,18,20H,3-7,10-17,19H2,1-2H3,(H,25,27). The number of nitrogens with one attached hydrogen (secondary N) is 1. The number of rotatable bonds is 6. The lowest BCUT2D eigenvalue weighted by Gasteiger charge is -2.39. The maximum Gasteiger partial charge on any atom is 0.239 e. The number of aromatic nitrogens is 1. The Morgan fingerprint density at radius 2 is 1.72 bits per heavy atom. The Hall–Kier alpha value is -2.35. The second kappa shape index (κ2) is 11.0. The van der Waals surface area contributed by atoms with E-state index in [1.807, 2.05) is 11.1 Å². The number of anilines is 1. The molecule has 1 aromatic rings. The second-order valence-corrected chi connectivity index (χ2v) is 9.12. The van der Waals surface area contributed by atoms with E-state index < -0.39 is 0 Å². The summed E-state index contributed by atoms with van der Waals surface area (Å²) in [5, 5.41) is 3.46. The number of likely N-dealkylation sites (tertiary alicyclic amines) is 1. The van der Waals surface area contributed by atoms with E-state index >= 15 is 0 Å². The molecule has 1 N–H and O–H groups in total. The quantitative estimate of drug-likeness (QED) is 0.536. The van der Waals surface area contributed by atoms with Crippen molar-refractivity contribution < 1.29 is 4.79 Å². The van der Waals surface area contributed by atoms with Crippen LogP contribution in [-0.2, 0) is 11.3 Å². The van der Waals surface area contributed by atoms with Crippen LogP contribution in [0.5, 0.6) is 0 Å². The lowest BCUT2D eigenvalue weighted by atomic mass is 10.2. The normalized spacial score (nSPS) is 21.3. The van der Waals surface area contributed by atoms with Crippen molar-refractivity contribution in [3.8, 4) is 0 Å². The van der Waals surface area contributed by atoms with Crippen molar-refractivity contribution in [2.24, 2.45) is 4.99 Å². The molecule has 32 heavy (non-hydrogen) atoms. The lowest BCUT2D eigenvalue weighted by molar-refractivity contribution is -0.135. The van der Waals surface area contributed by atoms with Crippen LogP contribution in [0.4, 0.5) is 5.82 Å². The number of aliphatic imine (C=N–C) groups is 1. The molecule has 176 valence electrons. The van der Waals surface area contributed by atoms with Crippen molar-refractivity contribution in [2.75, 3.05) is 63.8 Å². The van der Waals surface area contributed by atoms with E-state index in [9.17, 15) is 4.79 Å². The predicted octanol–water partition coefficient (Wildman–Crippen LogP) is 1.78. The number of nitrogens with zero attached hydrogens (tertiary/aromatic N) is 6. The van der Waals surface area contributed by atoms with Gasteiger partial charge in [-0.3, -0.25) is 9.69 Å². The smallest absolute Gasteiger partial charge is 0.239 e. The van der Waals surface area contributed by atoms with E-state index in [1.165, 1.54) is 18.4 Å². The van der Waals surface area contributed by atoms with Gasteiger partial charge in [-0.1, -0.05) is 0 Å². The van der Waals surface area contributed by atoms with E-state index in [0.29, 0.717) is 12.5 Å². The zero-order valence-electron chi connectivity index (χ0n) is 19.8. The van der Waals surface area contributed by atoms with Crippen LogP contribution in [0.15, 0.2) is 23.3 Å². The van der Waals surface area contributed by atoms with Crippen molar-refractivity contribution in [3.05, 3.63) is 23.9 Å². The van der Waals surface area contributed by atoms with Gasteiger partial charge in [-0.05, 0) is 57.2 Å². The Balaban J connectivity index is 1.33. The molecule has 3 fully saturated rings. The van der Waals surface area contributed by atoms with E-state index in [1.54, 1.807) is 0 Å². The molecule has 0 spiro atoms. The minimum atomic E-state index is -0.0319. The number of piperazine rings is 1. The van der Waals surface area contributed by atoms with Crippen molar-refractivity contribution in [1.82, 2.24) is 25.0 Å². The van der Waals surface area contributed by atoms with Crippen LogP contribution >= 0.6 is 0 Å². The molecule has 1 amide bonds. The van der Waals surface area contributed by atoms with Gasteiger partial charge in [0.15, 0.2) is 5.96 Å². The number of amides is 1. The molecule has 1 aromatic heterocycles. The average molecular weight is 442 g/mol. The molecule has 4 rings (SSSR count). The van der Waals surface area contributed by atoms with Crippen molar-refractivity contribution >= 4 is 17.7 Å². The van der Waals surface area contributed by atoms with E-state index in [2.05, 4.69) is 51.0 Å². The minimum absolute atomic E-state index is 0.0319. The molecular formula is C24H39N7O. The van der Waals surface area contributed by atoms with Gasteiger partial charge in [0.25, 0.3) is 0 Å². The molecule has 3 saturated heterocycles. The third-order valence-corrected chi connectivity index (χ3v) is 6.92. The molecule has 8 nitrogen and oxygen atoms in total. The second-order valence-electron chi connectivity index (χ2n) is 9.12. The van der Waals surface area contributed by atoms with Crippen LogP contribution in [0.1, 0.15) is 45.1 Å². The van der Waals surface area contributed by atoms with Crippen LogP contribution in [0, 0.1) is 0 Å². The summed E-state index contributed by atoms with van der Waals surface area (Å²) in [6.45, 7) is 13.3. The molecule has 1 unspecified atom stereocenters. The van der Waals surface area contributed by atoms with E-state index in [-0.39, 0.29) is 6.04 Å². The largest absolute Gasteiger partial charge is 0.357 e. The van der Waals surface area contributed by atoms with Crippen molar-refractivity contribution in [1.29, 1.82) is 0 Å². The lowest BCUT2D eigenvalue weighted by Crippen LogP contribution is -2.57. The molecule has 0 aliphatic carbocycles. The first kappa shape index (κ1) is 22.8. The monoisotopic (exact) mass is 441 g/mol. The summed E-state index contributed by atoms with van der Waals surface area (Å²) in [5.74, 6) is 2.33. The highest BCUT2D eigenvalue weighted by Gasteiger charge is 2.30. The molecule has 1 atom stereocenters. The third kappa shape index (κ3) is 5.52. The van der Waals surface area contributed by atoms with E-state index in [0.717, 1.165) is 83.5 Å². The Kier molecular flexibility index (Phi) is 7.84. The SMILES string of the molecule is CCNC(=NCc1ccnc(N2CCCC2)c1)N1CCN(C(C)C(=O)N2CCCC2)CC1. The Bertz CT molecular complexity index is 778. The topological polar surface area (TPSA) is 67.3 Å². The molecular weight excluding hydrogens is 402 g/mol. The zero-order chi connectivity index (χ0) is 22.3. The summed E-state index contributed by atoms with van der Waals surface area (Å²) in [7, 11) is 0. The van der Waals surface area contributed by atoms with Crippen molar-refractivity contribution in [2.45, 2.75) is 52.1 Å². The highest BCUT2D eigenvalue weighted by Crippen LogP contribution is 2.19. The van der Waals surface area contributed by atoms with Gasteiger partial charge < -0.3 is 20.0 Å². The predicted molar refractivity (Wildman–Crippen MR) is 129 cm³/mol. The van der Waals surface area contributed by atoms with Gasteiger partial charge in [-0.2, -0.15) is 0 Å². The number of hydrogen-bond acceptors (Lipinski definition) is 5. The van der Waals surface area contributed by atoms with Crippen LogP contribution in [0.2, 0.25) is 0 Å². The first-order valence-electron chi connectivity index (χ1n) is 12.4. The zero-order valence-corrected chi connectivity index (χ0v) is 19.8. The summed E-state index contributed by atoms with van der Waals surface area (Å²) >= 11 is 0. The van der Waals surface area contributed by atoms with Gasteiger partial charge in [0.2, 0.25) is 5.91 Å². The van der Waals surface area contributed by atoms with Crippen molar-refractivity contribution in [3.63, 3.8) is 0 Å². The molecule has 0 aromatic carbocycles. The Morgan fingerprint density at radius 3 is 2.41 bits per heavy atom. The van der Waals surface area contributed by atoms with Crippen LogP contribution in [0.3, 0.4) is 0 Å². The maximum absolute atomic E-state index is 12.8. The maximum atomic E-state index is 12.8. The van der Waals surface area contributed by atoms with E-state index in [4.69, 9.17) is 4.99 Å². The highest BCUT2D eigenvalue weighted by atomic mass is 16.2. The molecule has 3 aliphatic heterocycles. The van der Waals surface area contributed by atoms with Gasteiger partial charge in [0.1, 0.15) is 5.82 Å². The Labute approximate surface area is 192 Å². The van der Waals surface area contributed by atoms with Crippen LogP contribution in [-0.4, -0.2) is 96.5 Å². The molecule has 0 saturated carbocycles. The molecule has 8 heteroatoms. The summed E-state index contributed by atoms with van der Waals surface area (Å²) in [5.41, 5.74) is 1.20. The van der Waals surface area contributed by atoms with Gasteiger partial charge in [-0.25, -0.2) is 9.98 Å². The number of pyridine rings is 1. The fraction of sp³-hybridized carbons (Fsp3) is 0.708. The fourth-order valence-electron chi connectivity index (χ4n) is 4.95. The molecule has 0 bridgehead atoms. The van der Waals surface area contributed by atoms with Gasteiger partial charge in [0, 0.05) is 65.1 Å². The number of carbonyl (C=O) groups excluding carboxylic acids is 1. The van der Waals surface area contributed by atoms with Gasteiger partial charge in [-0.15, -0.1) is 0 Å². The summed E-state index contributed by atoms with van der Waals surface area (Å²) in [6.07, 6.45) is 6.70. The molecule has 0 radical (unpaired) electrons. The first-order chi connectivity index (χ1) is 15.7. The van der Waals surface area contributed by atoms with Crippen LogP contribution in [0.25, 0.3) is 0 Å². The molecule has 3 aliphatic rings. The summed E-state index contributed by atoms with van der Waals surface area (Å²) in [6, 6.07) is 4.22. The first-order valence-corrected chi connectivity index (χ1v) is 12.4. The molecule has 4 heterocycles. The summed E-state index contributed by atoms with van der Waals surface area (Å²) in [4.78, 5) is 31.3. The third-order valence-electron chi connectivity index (χ3n) is 6.92. The van der Waals surface area contributed by atoms with Gasteiger partial charge >= 0.3 is 0 Å². The van der Waals surface area contributed by atoms with Crippen LogP contribution < -0.4 is 10.2 Å². The number of hydrogen-bond donors (Lipinski definition) is 1. The fourth-order valence-corrected chi connectivity index (χ4v) is 4.95. The highest BCUT2D eigenvalue weighted by molar-refractivity contribution is 5.82. The average Bonchev–Trinajstić information content (AvgIpc) is 3.56. The minimum Gasteiger partial charge on any atom is -0.357 e. The number of guanidine groups is 1. The Morgan fingerprint density at radius 1 is 1.03 bits per heavy atom. The summed E-state index contributed by atoms with van der Waals surface area (Å²) < 4.78 is 0.